The minimum Gasteiger partial charge on any atom is -0.481 e. The number of methoxy groups -OCH3 is 1. The van der Waals surface area contributed by atoms with Crippen LogP contribution in [0, 0.1) is 23.7 Å². The van der Waals surface area contributed by atoms with E-state index in [9.17, 15) is 19.5 Å². The summed E-state index contributed by atoms with van der Waals surface area (Å²) in [5.41, 5.74) is 3.06. The van der Waals surface area contributed by atoms with Gasteiger partial charge in [-0.2, -0.15) is 0 Å². The highest BCUT2D eigenvalue weighted by Gasteiger charge is 2.54. The summed E-state index contributed by atoms with van der Waals surface area (Å²) in [5, 5.41) is 14.8. The van der Waals surface area contributed by atoms with Crippen molar-refractivity contribution in [2.45, 2.75) is 45.4 Å². The number of hydrogen-bond donors (Lipinski definition) is 2. The summed E-state index contributed by atoms with van der Waals surface area (Å²) in [6.45, 7) is 6.42. The van der Waals surface area contributed by atoms with Gasteiger partial charge in [-0.3, -0.25) is 9.59 Å². The van der Waals surface area contributed by atoms with Crippen molar-refractivity contribution in [3.63, 3.8) is 0 Å². The van der Waals surface area contributed by atoms with Gasteiger partial charge in [0.25, 0.3) is 0 Å². The number of carboxylic acid groups (broad SMARTS) is 1. The van der Waals surface area contributed by atoms with Crippen molar-refractivity contribution >= 4 is 34.2 Å². The first-order valence-electron chi connectivity index (χ1n) is 11.0. The molecule has 1 aromatic carbocycles. The van der Waals surface area contributed by atoms with Crippen molar-refractivity contribution in [2.75, 3.05) is 12.4 Å². The van der Waals surface area contributed by atoms with Gasteiger partial charge in [0.1, 0.15) is 10.6 Å². The summed E-state index contributed by atoms with van der Waals surface area (Å²) < 4.78 is 5.01. The molecule has 2 fully saturated rings. The van der Waals surface area contributed by atoms with Gasteiger partial charge in [0.05, 0.1) is 18.9 Å². The number of fused-ring (bicyclic) bond motifs is 2. The first-order valence-corrected chi connectivity index (χ1v) is 11.8. The third kappa shape index (κ3) is 3.94. The van der Waals surface area contributed by atoms with Gasteiger partial charge in [-0.15, -0.1) is 11.3 Å². The molecule has 170 valence electrons. The standard InChI is InChI=1S/C25H29NO5S/c1-25(2,3)16-9-7-13(8-10-16)17-12-32-22(20(17)24(30)31-4)26-21(27)18-14-5-6-15(11-14)19(18)23(28)29/h7-10,12,14-15,18-19H,5-6,11H2,1-4H3,(H,26,27)(H,28,29)/t14-,15+,18-,19+/m1/s1. The van der Waals surface area contributed by atoms with E-state index in [2.05, 4.69) is 26.1 Å². The van der Waals surface area contributed by atoms with E-state index in [-0.39, 0.29) is 23.2 Å². The van der Waals surface area contributed by atoms with Crippen LogP contribution in [0.1, 0.15) is 56.0 Å². The highest BCUT2D eigenvalue weighted by molar-refractivity contribution is 7.15. The Hall–Kier alpha value is -2.67. The van der Waals surface area contributed by atoms with Crippen LogP contribution in [0.2, 0.25) is 0 Å². The van der Waals surface area contributed by atoms with Crippen molar-refractivity contribution in [1.29, 1.82) is 0 Å². The zero-order valence-corrected chi connectivity index (χ0v) is 19.6. The third-order valence-corrected chi connectivity index (χ3v) is 7.88. The van der Waals surface area contributed by atoms with Crippen LogP contribution in [-0.2, 0) is 19.7 Å². The van der Waals surface area contributed by atoms with Gasteiger partial charge in [0, 0.05) is 10.9 Å². The SMILES string of the molecule is COC(=O)c1c(-c2ccc(C(C)(C)C)cc2)csc1NC(=O)[C@@H]1[C@@H]2CC[C@@H](C2)[C@@H]1C(=O)O. The summed E-state index contributed by atoms with van der Waals surface area (Å²) in [5.74, 6) is -2.81. The van der Waals surface area contributed by atoms with Crippen LogP contribution in [0.4, 0.5) is 5.00 Å². The van der Waals surface area contributed by atoms with E-state index >= 15 is 0 Å². The average molecular weight is 456 g/mol. The van der Waals surface area contributed by atoms with Crippen molar-refractivity contribution in [2.24, 2.45) is 23.7 Å². The summed E-state index contributed by atoms with van der Waals surface area (Å²) in [7, 11) is 1.31. The van der Waals surface area contributed by atoms with E-state index in [1.807, 2.05) is 29.6 Å². The zero-order chi connectivity index (χ0) is 23.2. The smallest absolute Gasteiger partial charge is 0.341 e. The van der Waals surface area contributed by atoms with Gasteiger partial charge in [-0.1, -0.05) is 45.0 Å². The van der Waals surface area contributed by atoms with E-state index in [1.165, 1.54) is 24.0 Å². The van der Waals surface area contributed by atoms with Gasteiger partial charge >= 0.3 is 11.9 Å². The fraction of sp³-hybridized carbons (Fsp3) is 0.480. The Morgan fingerprint density at radius 2 is 1.69 bits per heavy atom. The number of aliphatic carboxylic acids is 1. The van der Waals surface area contributed by atoms with E-state index in [4.69, 9.17) is 4.74 Å². The molecule has 2 aromatic rings. The summed E-state index contributed by atoms with van der Waals surface area (Å²) in [4.78, 5) is 37.6. The minimum absolute atomic E-state index is 0.0127. The molecule has 1 amide bonds. The maximum absolute atomic E-state index is 13.2. The maximum atomic E-state index is 13.2. The Morgan fingerprint density at radius 3 is 2.25 bits per heavy atom. The van der Waals surface area contributed by atoms with Crippen molar-refractivity contribution in [3.8, 4) is 11.1 Å². The molecule has 4 rings (SSSR count). The van der Waals surface area contributed by atoms with Crippen LogP contribution in [-0.4, -0.2) is 30.1 Å². The quantitative estimate of drug-likeness (QED) is 0.606. The van der Waals surface area contributed by atoms with Crippen LogP contribution < -0.4 is 5.32 Å². The number of ether oxygens (including phenoxy) is 1. The molecular weight excluding hydrogens is 426 g/mol. The van der Waals surface area contributed by atoms with Gasteiger partial charge < -0.3 is 15.2 Å². The molecule has 2 saturated carbocycles. The third-order valence-electron chi connectivity index (χ3n) is 6.98. The van der Waals surface area contributed by atoms with Crippen molar-refractivity contribution < 1.29 is 24.2 Å². The van der Waals surface area contributed by atoms with E-state index < -0.39 is 23.8 Å². The second kappa shape index (κ2) is 8.35. The Labute approximate surface area is 192 Å². The lowest BCUT2D eigenvalue weighted by Crippen LogP contribution is -2.37. The number of carboxylic acids is 1. The highest BCUT2D eigenvalue weighted by atomic mass is 32.1. The predicted octanol–water partition coefficient (Wildman–Crippen LogP) is 5.18. The molecule has 7 heteroatoms. The molecule has 0 spiro atoms. The number of hydrogen-bond acceptors (Lipinski definition) is 5. The first kappa shape index (κ1) is 22.5. The van der Waals surface area contributed by atoms with Crippen LogP contribution in [0.5, 0.6) is 0 Å². The highest BCUT2D eigenvalue weighted by Crippen LogP contribution is 2.53. The molecule has 0 aliphatic heterocycles. The molecule has 0 unspecified atom stereocenters. The summed E-state index contributed by atoms with van der Waals surface area (Å²) >= 11 is 1.26. The number of thiophene rings is 1. The first-order chi connectivity index (χ1) is 15.1. The molecular formula is C25H29NO5S. The van der Waals surface area contributed by atoms with Gasteiger partial charge in [0.2, 0.25) is 5.91 Å². The van der Waals surface area contributed by atoms with E-state index in [1.54, 1.807) is 0 Å². The van der Waals surface area contributed by atoms with Gasteiger partial charge in [-0.05, 0) is 47.6 Å². The molecule has 1 aromatic heterocycles. The van der Waals surface area contributed by atoms with Crippen LogP contribution in [0.3, 0.4) is 0 Å². The molecule has 6 nitrogen and oxygen atoms in total. The summed E-state index contributed by atoms with van der Waals surface area (Å²) in [6, 6.07) is 8.02. The minimum atomic E-state index is -0.906. The average Bonchev–Trinajstić information content (AvgIpc) is 3.47. The molecule has 2 aliphatic rings. The molecule has 2 bridgehead atoms. The molecule has 0 saturated heterocycles. The monoisotopic (exact) mass is 455 g/mol. The Balaban J connectivity index is 1.64. The molecule has 4 atom stereocenters. The van der Waals surface area contributed by atoms with Crippen LogP contribution in [0.25, 0.3) is 11.1 Å². The normalized spacial score (nSPS) is 24.4. The Kier molecular flexibility index (Phi) is 5.88. The molecule has 32 heavy (non-hydrogen) atoms. The Morgan fingerprint density at radius 1 is 1.06 bits per heavy atom. The Bertz CT molecular complexity index is 1050. The molecule has 2 N–H and O–H groups in total. The number of rotatable bonds is 5. The molecule has 0 radical (unpaired) electrons. The van der Waals surface area contributed by atoms with Gasteiger partial charge in [-0.25, -0.2) is 4.79 Å². The fourth-order valence-electron chi connectivity index (χ4n) is 5.34. The number of carbonyl (C=O) groups excluding carboxylic acids is 2. The van der Waals surface area contributed by atoms with Crippen LogP contribution in [0.15, 0.2) is 29.6 Å². The second-order valence-electron chi connectivity index (χ2n) is 9.88. The van der Waals surface area contributed by atoms with Crippen molar-refractivity contribution in [3.05, 3.63) is 40.8 Å². The number of anilines is 1. The fourth-order valence-corrected chi connectivity index (χ4v) is 6.30. The topological polar surface area (TPSA) is 92.7 Å². The van der Waals surface area contributed by atoms with Crippen molar-refractivity contribution in [1.82, 2.24) is 0 Å². The summed E-state index contributed by atoms with van der Waals surface area (Å²) in [6.07, 6.45) is 2.54. The lowest BCUT2D eigenvalue weighted by Gasteiger charge is -2.26. The number of esters is 1. The maximum Gasteiger partial charge on any atom is 0.341 e. The number of nitrogens with one attached hydrogen (secondary N) is 1. The van der Waals surface area contributed by atoms with E-state index in [0.29, 0.717) is 16.1 Å². The molecule has 2 aliphatic carbocycles. The second-order valence-corrected chi connectivity index (χ2v) is 10.8. The number of amides is 1. The van der Waals surface area contributed by atoms with E-state index in [0.717, 1.165) is 24.8 Å². The number of benzene rings is 1. The van der Waals surface area contributed by atoms with Crippen LogP contribution >= 0.6 is 11.3 Å². The molecule has 1 heterocycles. The lowest BCUT2D eigenvalue weighted by molar-refractivity contribution is -0.148. The number of carbonyl (C=O) groups is 3. The predicted molar refractivity (Wildman–Crippen MR) is 124 cm³/mol. The van der Waals surface area contributed by atoms with Gasteiger partial charge in [0.15, 0.2) is 0 Å². The lowest BCUT2D eigenvalue weighted by atomic mass is 9.78. The zero-order valence-electron chi connectivity index (χ0n) is 18.8. The largest absolute Gasteiger partial charge is 0.481 e.